The lowest BCUT2D eigenvalue weighted by molar-refractivity contribution is -0.140. The van der Waals surface area contributed by atoms with Gasteiger partial charge < -0.3 is 10.2 Å². The monoisotopic (exact) mass is 260 g/mol. The summed E-state index contributed by atoms with van der Waals surface area (Å²) in [7, 11) is 0. The van der Waals surface area contributed by atoms with Gasteiger partial charge in [0.05, 0.1) is 0 Å². The maximum absolute atomic E-state index is 11.3. The van der Waals surface area contributed by atoms with E-state index in [0.717, 1.165) is 0 Å². The van der Waals surface area contributed by atoms with Gasteiger partial charge in [-0.1, -0.05) is 29.3 Å². The molecular formula is C11H10Cl2O3. The van der Waals surface area contributed by atoms with Crippen LogP contribution in [0.15, 0.2) is 18.2 Å². The number of hydrogen-bond donors (Lipinski definition) is 2. The van der Waals surface area contributed by atoms with Gasteiger partial charge in [0.2, 0.25) is 0 Å². The minimum absolute atomic E-state index is 0.173. The Kier molecular flexibility index (Phi) is 2.86. The second-order valence-electron chi connectivity index (χ2n) is 3.96. The lowest BCUT2D eigenvalue weighted by Gasteiger charge is -2.15. The first-order valence-corrected chi connectivity index (χ1v) is 5.58. The molecule has 3 nitrogen and oxygen atoms in total. The Bertz CT molecular complexity index is 427. The lowest BCUT2D eigenvalue weighted by atomic mass is 9.93. The van der Waals surface area contributed by atoms with Crippen LogP contribution >= 0.6 is 23.2 Å². The smallest absolute Gasteiger partial charge is 0.314 e. The maximum Gasteiger partial charge on any atom is 0.314 e. The van der Waals surface area contributed by atoms with Crippen molar-refractivity contribution in [3.8, 4) is 0 Å². The van der Waals surface area contributed by atoms with Crippen molar-refractivity contribution in [2.75, 3.05) is 6.61 Å². The molecule has 1 aliphatic rings. The van der Waals surface area contributed by atoms with Gasteiger partial charge >= 0.3 is 5.97 Å². The molecule has 5 heteroatoms. The number of benzene rings is 1. The third-order valence-corrected chi connectivity index (χ3v) is 3.75. The zero-order valence-electron chi connectivity index (χ0n) is 8.28. The predicted molar refractivity (Wildman–Crippen MR) is 61.0 cm³/mol. The number of hydrogen-bond acceptors (Lipinski definition) is 2. The summed E-state index contributed by atoms with van der Waals surface area (Å²) in [6.07, 6.45) is 0.377. The van der Waals surface area contributed by atoms with E-state index in [0.29, 0.717) is 22.0 Å². The largest absolute Gasteiger partial charge is 0.481 e. The summed E-state index contributed by atoms with van der Waals surface area (Å²) < 4.78 is 0. The zero-order valence-corrected chi connectivity index (χ0v) is 9.79. The average molecular weight is 261 g/mol. The van der Waals surface area contributed by atoms with Gasteiger partial charge in [-0.2, -0.15) is 0 Å². The molecule has 0 saturated heterocycles. The van der Waals surface area contributed by atoms with E-state index < -0.39 is 11.4 Å². The molecule has 1 aliphatic carbocycles. The van der Waals surface area contributed by atoms with Crippen LogP contribution in [0.25, 0.3) is 0 Å². The highest BCUT2D eigenvalue weighted by Gasteiger charge is 2.62. The number of aliphatic hydroxyl groups is 1. The van der Waals surface area contributed by atoms with Crippen molar-refractivity contribution >= 4 is 29.2 Å². The number of carbonyl (C=O) groups is 1. The van der Waals surface area contributed by atoms with Crippen molar-refractivity contribution in [2.45, 2.75) is 11.8 Å². The van der Waals surface area contributed by atoms with Crippen LogP contribution < -0.4 is 0 Å². The van der Waals surface area contributed by atoms with Gasteiger partial charge in [0.25, 0.3) is 0 Å². The molecule has 2 rings (SSSR count). The van der Waals surface area contributed by atoms with Gasteiger partial charge in [0, 0.05) is 28.1 Å². The van der Waals surface area contributed by atoms with E-state index >= 15 is 0 Å². The summed E-state index contributed by atoms with van der Waals surface area (Å²) >= 11 is 12.0. The lowest BCUT2D eigenvalue weighted by Crippen LogP contribution is -2.24. The predicted octanol–water partition coefficient (Wildman–Crippen LogP) is 2.33. The Labute approximate surface area is 103 Å². The quantitative estimate of drug-likeness (QED) is 0.877. The van der Waals surface area contributed by atoms with Crippen LogP contribution in [-0.4, -0.2) is 22.8 Å². The summed E-state index contributed by atoms with van der Waals surface area (Å²) in [5, 5.41) is 19.0. The number of carboxylic acids is 1. The second-order valence-corrected chi connectivity index (χ2v) is 4.77. The van der Waals surface area contributed by atoms with Gasteiger partial charge in [-0.15, -0.1) is 0 Å². The molecule has 0 bridgehead atoms. The zero-order chi connectivity index (χ0) is 11.9. The van der Waals surface area contributed by atoms with E-state index in [1.165, 1.54) is 0 Å². The standard InChI is InChI=1S/C11H10Cl2O3/c12-7-2-1-3-8(13)9(7)11(10(15)16)4-6(11)5-14/h1-3,6,14H,4-5H2,(H,15,16). The fourth-order valence-electron chi connectivity index (χ4n) is 2.15. The molecular weight excluding hydrogens is 251 g/mol. The highest BCUT2D eigenvalue weighted by Crippen LogP contribution is 2.57. The normalized spacial score (nSPS) is 27.8. The molecule has 86 valence electrons. The summed E-state index contributed by atoms with van der Waals surface area (Å²) in [6, 6.07) is 4.89. The third-order valence-electron chi connectivity index (χ3n) is 3.12. The van der Waals surface area contributed by atoms with Crippen LogP contribution in [0.5, 0.6) is 0 Å². The van der Waals surface area contributed by atoms with Gasteiger partial charge in [-0.05, 0) is 18.6 Å². The second kappa shape index (κ2) is 3.91. The highest BCUT2D eigenvalue weighted by atomic mass is 35.5. The van der Waals surface area contributed by atoms with Crippen LogP contribution in [0.2, 0.25) is 10.0 Å². The molecule has 0 heterocycles. The Morgan fingerprint density at radius 3 is 2.38 bits per heavy atom. The summed E-state index contributed by atoms with van der Waals surface area (Å²) in [6.45, 7) is -0.173. The topological polar surface area (TPSA) is 57.5 Å². The number of rotatable bonds is 3. The Balaban J connectivity index is 2.55. The fourth-order valence-corrected chi connectivity index (χ4v) is 2.88. The fraction of sp³-hybridized carbons (Fsp3) is 0.364. The van der Waals surface area contributed by atoms with Crippen molar-refractivity contribution in [3.05, 3.63) is 33.8 Å². The van der Waals surface area contributed by atoms with E-state index in [1.54, 1.807) is 18.2 Å². The minimum Gasteiger partial charge on any atom is -0.481 e. The molecule has 1 saturated carbocycles. The van der Waals surface area contributed by atoms with Gasteiger partial charge in [0.15, 0.2) is 0 Å². The van der Waals surface area contributed by atoms with Crippen LogP contribution in [0.4, 0.5) is 0 Å². The Morgan fingerprint density at radius 1 is 1.44 bits per heavy atom. The van der Waals surface area contributed by atoms with E-state index in [-0.39, 0.29) is 12.5 Å². The van der Waals surface area contributed by atoms with E-state index in [4.69, 9.17) is 28.3 Å². The molecule has 0 aromatic heterocycles. The Morgan fingerprint density at radius 2 is 2.00 bits per heavy atom. The van der Waals surface area contributed by atoms with E-state index in [2.05, 4.69) is 0 Å². The molecule has 1 aromatic carbocycles. The molecule has 0 spiro atoms. The number of carboxylic acid groups (broad SMARTS) is 1. The molecule has 0 amide bonds. The van der Waals surface area contributed by atoms with Crippen LogP contribution in [-0.2, 0) is 10.2 Å². The Hall–Kier alpha value is -0.770. The van der Waals surface area contributed by atoms with E-state index in [9.17, 15) is 9.90 Å². The minimum atomic E-state index is -1.11. The van der Waals surface area contributed by atoms with Crippen LogP contribution in [0.3, 0.4) is 0 Å². The van der Waals surface area contributed by atoms with Crippen molar-refractivity contribution in [1.82, 2.24) is 0 Å². The molecule has 2 N–H and O–H groups in total. The molecule has 2 unspecified atom stereocenters. The van der Waals surface area contributed by atoms with Crippen LogP contribution in [0.1, 0.15) is 12.0 Å². The van der Waals surface area contributed by atoms with Crippen molar-refractivity contribution in [2.24, 2.45) is 5.92 Å². The number of aliphatic carboxylic acids is 1. The number of halogens is 2. The number of aliphatic hydroxyl groups excluding tert-OH is 1. The molecule has 0 aliphatic heterocycles. The van der Waals surface area contributed by atoms with Crippen LogP contribution in [0, 0.1) is 5.92 Å². The van der Waals surface area contributed by atoms with Gasteiger partial charge in [-0.3, -0.25) is 4.79 Å². The average Bonchev–Trinajstić information content (AvgIpc) is 2.93. The SMILES string of the molecule is O=C(O)C1(c2c(Cl)cccc2Cl)CC1CO. The summed E-state index contributed by atoms with van der Waals surface area (Å²) in [4.78, 5) is 11.3. The first kappa shape index (κ1) is 11.7. The maximum atomic E-state index is 11.3. The molecule has 1 fully saturated rings. The molecule has 0 radical (unpaired) electrons. The first-order valence-electron chi connectivity index (χ1n) is 4.82. The first-order chi connectivity index (χ1) is 7.54. The summed E-state index contributed by atoms with van der Waals surface area (Å²) in [5.74, 6) is -1.29. The highest BCUT2D eigenvalue weighted by molar-refractivity contribution is 6.36. The van der Waals surface area contributed by atoms with Crippen molar-refractivity contribution < 1.29 is 15.0 Å². The van der Waals surface area contributed by atoms with Crippen molar-refractivity contribution in [3.63, 3.8) is 0 Å². The van der Waals surface area contributed by atoms with Gasteiger partial charge in [0.1, 0.15) is 5.41 Å². The molecule has 1 aromatic rings. The van der Waals surface area contributed by atoms with Gasteiger partial charge in [-0.25, -0.2) is 0 Å². The molecule has 16 heavy (non-hydrogen) atoms. The molecule has 2 atom stereocenters. The summed E-state index contributed by atoms with van der Waals surface area (Å²) in [5.41, 5.74) is -0.686. The third kappa shape index (κ3) is 1.51. The van der Waals surface area contributed by atoms with Crippen molar-refractivity contribution in [1.29, 1.82) is 0 Å². The van der Waals surface area contributed by atoms with E-state index in [1.807, 2.05) is 0 Å².